The van der Waals surface area contributed by atoms with Crippen molar-refractivity contribution < 1.29 is 32.2 Å². The Kier molecular flexibility index (Phi) is 8.48. The number of carbonyl (C=O) groups is 2. The van der Waals surface area contributed by atoms with Gasteiger partial charge in [-0.15, -0.1) is 0 Å². The van der Waals surface area contributed by atoms with Gasteiger partial charge >= 0.3 is 18.2 Å². The van der Waals surface area contributed by atoms with Crippen LogP contribution in [0.1, 0.15) is 18.4 Å². The van der Waals surface area contributed by atoms with Crippen LogP contribution in [-0.4, -0.2) is 45.5 Å². The number of rotatable bonds is 8. The molecular weight excluding hydrogens is 623 g/mol. The number of nitrogens with one attached hydrogen (secondary N) is 2. The van der Waals surface area contributed by atoms with E-state index in [1.165, 1.54) is 30.8 Å². The Morgan fingerprint density at radius 1 is 0.891 bits per heavy atom. The van der Waals surface area contributed by atoms with Crippen LogP contribution in [0.4, 0.5) is 34.5 Å². The number of benzene rings is 2. The number of hydrogen-bond donors (Lipinski definition) is 2. The van der Waals surface area contributed by atoms with Gasteiger partial charge < -0.3 is 20.1 Å². The van der Waals surface area contributed by atoms with Gasteiger partial charge in [0.25, 0.3) is 0 Å². The predicted octanol–water partition coefficient (Wildman–Crippen LogP) is 7.25. The van der Waals surface area contributed by atoms with E-state index in [1.807, 2.05) is 12.1 Å². The van der Waals surface area contributed by atoms with Gasteiger partial charge in [0, 0.05) is 30.9 Å². The Morgan fingerprint density at radius 2 is 1.59 bits per heavy atom. The molecule has 0 saturated carbocycles. The third-order valence-electron chi connectivity index (χ3n) is 6.86. The number of halogens is 3. The van der Waals surface area contributed by atoms with Crippen molar-refractivity contribution in [1.82, 2.24) is 19.9 Å². The summed E-state index contributed by atoms with van der Waals surface area (Å²) >= 11 is 1.44. The van der Waals surface area contributed by atoms with Crippen molar-refractivity contribution >= 4 is 39.8 Å². The summed E-state index contributed by atoms with van der Waals surface area (Å²) in [5.74, 6) is 1.09. The van der Waals surface area contributed by atoms with Gasteiger partial charge in [0.05, 0.1) is 47.0 Å². The van der Waals surface area contributed by atoms with E-state index in [0.717, 1.165) is 22.9 Å². The maximum absolute atomic E-state index is 13.4. The van der Waals surface area contributed by atoms with Crippen LogP contribution in [0.15, 0.2) is 79.4 Å². The van der Waals surface area contributed by atoms with Crippen LogP contribution in [0.3, 0.4) is 0 Å². The highest BCUT2D eigenvalue weighted by molar-refractivity contribution is 7.19. The molecule has 15 heteroatoms. The molecule has 0 unspecified atom stereocenters. The van der Waals surface area contributed by atoms with Crippen molar-refractivity contribution in [3.8, 4) is 39.2 Å². The molecule has 1 aliphatic rings. The largest absolute Gasteiger partial charge is 0.497 e. The van der Waals surface area contributed by atoms with Gasteiger partial charge in [-0.3, -0.25) is 14.7 Å². The molecule has 1 fully saturated rings. The quantitative estimate of drug-likeness (QED) is 0.180. The zero-order chi connectivity index (χ0) is 32.3. The molecule has 11 nitrogen and oxygen atoms in total. The minimum absolute atomic E-state index is 0.00945. The van der Waals surface area contributed by atoms with Gasteiger partial charge in [-0.2, -0.15) is 13.2 Å². The van der Waals surface area contributed by atoms with E-state index >= 15 is 0 Å². The van der Waals surface area contributed by atoms with Gasteiger partial charge in [0.15, 0.2) is 5.13 Å². The predicted molar refractivity (Wildman–Crippen MR) is 165 cm³/mol. The van der Waals surface area contributed by atoms with Crippen molar-refractivity contribution in [2.24, 2.45) is 0 Å². The number of anilines is 3. The maximum atomic E-state index is 13.4. The number of ether oxygens (including phenoxy) is 2. The Bertz CT molecular complexity index is 1870. The number of pyridine rings is 1. The summed E-state index contributed by atoms with van der Waals surface area (Å²) in [6, 6.07) is 13.7. The molecule has 0 radical (unpaired) electrons. The second kappa shape index (κ2) is 12.8. The lowest BCUT2D eigenvalue weighted by atomic mass is 10.1. The van der Waals surface area contributed by atoms with E-state index in [-0.39, 0.29) is 29.0 Å². The number of amides is 3. The SMILES string of the molecule is COc1ccc(-c2ncc(C(F)(F)F)cc2NC(=O)Nc2cnc(Oc3ccc(-c4cnc(N5CCCC5=O)s4)cc3)nc2)cc1. The molecule has 2 aromatic carbocycles. The van der Waals surface area contributed by atoms with Crippen LogP contribution >= 0.6 is 11.3 Å². The van der Waals surface area contributed by atoms with Crippen LogP contribution in [0.5, 0.6) is 17.5 Å². The summed E-state index contributed by atoms with van der Waals surface area (Å²) in [6.45, 7) is 0.677. The van der Waals surface area contributed by atoms with Crippen LogP contribution < -0.4 is 25.0 Å². The second-order valence-corrected chi connectivity index (χ2v) is 11.0. The van der Waals surface area contributed by atoms with Gasteiger partial charge in [-0.1, -0.05) is 11.3 Å². The average Bonchev–Trinajstić information content (AvgIpc) is 3.71. The fourth-order valence-corrected chi connectivity index (χ4v) is 5.54. The molecule has 5 aromatic rings. The molecule has 46 heavy (non-hydrogen) atoms. The molecule has 1 aliphatic heterocycles. The first kappa shape index (κ1) is 30.5. The Morgan fingerprint density at radius 3 is 2.24 bits per heavy atom. The standard InChI is InChI=1S/C31H24F3N7O4S/c1-44-22-8-6-19(7-9-22)27-24(13-20(14-35-27)31(32,33)34)40-28(43)39-21-15-36-29(37-16-21)45-23-10-4-18(5-11-23)25-17-38-30(46-25)41-12-2-3-26(41)42/h4-11,13-17H,2-3,12H2,1H3,(H2,39,40,43). The molecule has 4 heterocycles. The number of methoxy groups -OCH3 is 1. The van der Waals surface area contributed by atoms with E-state index in [1.54, 1.807) is 47.5 Å². The van der Waals surface area contributed by atoms with Gasteiger partial charge in [-0.25, -0.2) is 19.7 Å². The van der Waals surface area contributed by atoms with Crippen molar-refractivity contribution in [3.63, 3.8) is 0 Å². The van der Waals surface area contributed by atoms with Crippen LogP contribution in [0.2, 0.25) is 0 Å². The maximum Gasteiger partial charge on any atom is 0.417 e. The summed E-state index contributed by atoms with van der Waals surface area (Å²) in [6.07, 6.45) is 1.73. The summed E-state index contributed by atoms with van der Waals surface area (Å²) < 4.78 is 51.1. The third kappa shape index (κ3) is 6.89. The molecule has 2 N–H and O–H groups in total. The first-order valence-corrected chi connectivity index (χ1v) is 14.6. The fraction of sp³-hybridized carbons (Fsp3) is 0.161. The van der Waals surface area contributed by atoms with E-state index in [4.69, 9.17) is 9.47 Å². The number of thiazole rings is 1. The second-order valence-electron chi connectivity index (χ2n) is 9.96. The smallest absolute Gasteiger partial charge is 0.417 e. The van der Waals surface area contributed by atoms with Crippen molar-refractivity contribution in [2.75, 3.05) is 29.2 Å². The number of aromatic nitrogens is 4. The summed E-state index contributed by atoms with van der Waals surface area (Å²) in [7, 11) is 1.49. The lowest BCUT2D eigenvalue weighted by molar-refractivity contribution is -0.137. The Labute approximate surface area is 264 Å². The number of alkyl halides is 3. The van der Waals surface area contributed by atoms with E-state index in [9.17, 15) is 22.8 Å². The highest BCUT2D eigenvalue weighted by atomic mass is 32.1. The monoisotopic (exact) mass is 647 g/mol. The molecule has 3 aromatic heterocycles. The molecule has 0 bridgehead atoms. The lowest BCUT2D eigenvalue weighted by Gasteiger charge is -2.15. The molecule has 6 rings (SSSR count). The zero-order valence-corrected chi connectivity index (χ0v) is 24.9. The van der Waals surface area contributed by atoms with E-state index in [0.29, 0.717) is 41.4 Å². The van der Waals surface area contributed by atoms with Gasteiger partial charge in [0.1, 0.15) is 11.5 Å². The lowest BCUT2D eigenvalue weighted by Crippen LogP contribution is -2.23. The highest BCUT2D eigenvalue weighted by Gasteiger charge is 2.32. The number of hydrogen-bond acceptors (Lipinski definition) is 9. The van der Waals surface area contributed by atoms with Gasteiger partial charge in [0.2, 0.25) is 5.91 Å². The minimum atomic E-state index is -4.66. The molecule has 234 valence electrons. The van der Waals surface area contributed by atoms with Crippen molar-refractivity contribution in [3.05, 3.63) is 84.9 Å². The summed E-state index contributed by atoms with van der Waals surface area (Å²) in [4.78, 5) is 44.0. The van der Waals surface area contributed by atoms with E-state index in [2.05, 4.69) is 30.6 Å². The summed E-state index contributed by atoms with van der Waals surface area (Å²) in [5.41, 5.74) is 0.505. The Balaban J connectivity index is 1.10. The number of urea groups is 1. The normalized spacial score (nSPS) is 13.0. The topological polar surface area (TPSA) is 131 Å². The van der Waals surface area contributed by atoms with Crippen molar-refractivity contribution in [2.45, 2.75) is 19.0 Å². The number of nitrogens with zero attached hydrogens (tertiary/aromatic N) is 5. The highest BCUT2D eigenvalue weighted by Crippen LogP contribution is 2.36. The van der Waals surface area contributed by atoms with Crippen molar-refractivity contribution in [1.29, 1.82) is 0 Å². The first-order chi connectivity index (χ1) is 22.2. The third-order valence-corrected chi connectivity index (χ3v) is 7.93. The molecule has 0 aliphatic carbocycles. The molecule has 0 spiro atoms. The van der Waals surface area contributed by atoms with Crippen LogP contribution in [0.25, 0.3) is 21.7 Å². The fourth-order valence-electron chi connectivity index (χ4n) is 4.58. The molecule has 3 amide bonds. The van der Waals surface area contributed by atoms with E-state index < -0.39 is 17.8 Å². The van der Waals surface area contributed by atoms with Crippen LogP contribution in [0, 0.1) is 0 Å². The molecule has 1 saturated heterocycles. The summed E-state index contributed by atoms with van der Waals surface area (Å²) in [5, 5.41) is 5.61. The first-order valence-electron chi connectivity index (χ1n) is 13.8. The average molecular weight is 648 g/mol. The van der Waals surface area contributed by atoms with Crippen LogP contribution in [-0.2, 0) is 11.0 Å². The van der Waals surface area contributed by atoms with Gasteiger partial charge in [-0.05, 0) is 66.6 Å². The molecule has 0 atom stereocenters. The minimum Gasteiger partial charge on any atom is -0.497 e. The zero-order valence-electron chi connectivity index (χ0n) is 24.0. The number of carbonyl (C=O) groups excluding carboxylic acids is 2. The Hall–Kier alpha value is -5.57. The molecular formula is C31H24F3N7O4S.